The number of hydrogen-bond acceptors (Lipinski definition) is 3. The van der Waals surface area contributed by atoms with Crippen LogP contribution in [0.1, 0.15) is 11.1 Å². The van der Waals surface area contributed by atoms with E-state index in [0.717, 1.165) is 22.4 Å². The number of amides is 1. The molecule has 0 unspecified atom stereocenters. The molecule has 3 aromatic rings. The van der Waals surface area contributed by atoms with E-state index in [1.807, 2.05) is 24.3 Å². The minimum Gasteiger partial charge on any atom is -0.352 e. The summed E-state index contributed by atoms with van der Waals surface area (Å²) >= 11 is 0. The maximum atomic E-state index is 12.9. The molecule has 3 rings (SSSR count). The zero-order valence-electron chi connectivity index (χ0n) is 12.9. The third-order valence-electron chi connectivity index (χ3n) is 3.57. The van der Waals surface area contributed by atoms with Gasteiger partial charge in [0, 0.05) is 30.7 Å². The first-order valence-corrected chi connectivity index (χ1v) is 7.57. The number of rotatable bonds is 5. The van der Waals surface area contributed by atoms with E-state index in [0.29, 0.717) is 6.54 Å². The third kappa shape index (κ3) is 4.23. The van der Waals surface area contributed by atoms with Crippen LogP contribution in [0, 0.1) is 5.82 Å². The highest BCUT2D eigenvalue weighted by atomic mass is 19.1. The average molecular weight is 321 g/mol. The highest BCUT2D eigenvalue weighted by molar-refractivity contribution is 5.78. The highest BCUT2D eigenvalue weighted by Gasteiger charge is 2.05. The van der Waals surface area contributed by atoms with E-state index >= 15 is 0 Å². The number of pyridine rings is 2. The van der Waals surface area contributed by atoms with Crippen molar-refractivity contribution in [1.82, 2.24) is 15.3 Å². The molecule has 2 aromatic heterocycles. The number of hydrogen-bond donors (Lipinski definition) is 1. The molecule has 0 aliphatic rings. The Bertz CT molecular complexity index is 820. The molecule has 0 spiro atoms. The lowest BCUT2D eigenvalue weighted by molar-refractivity contribution is -0.120. The van der Waals surface area contributed by atoms with Gasteiger partial charge >= 0.3 is 0 Å². The molecule has 0 atom stereocenters. The van der Waals surface area contributed by atoms with Crippen LogP contribution in [-0.4, -0.2) is 15.9 Å². The second-order valence-corrected chi connectivity index (χ2v) is 5.37. The molecular formula is C19H16FN3O. The SMILES string of the molecule is O=C(Cc1ccc(F)cc1)NCc1ccnc(-c2ccncc2)c1. The molecule has 0 saturated carbocycles. The Morgan fingerprint density at radius 1 is 0.958 bits per heavy atom. The Kier molecular flexibility index (Phi) is 4.91. The lowest BCUT2D eigenvalue weighted by Crippen LogP contribution is -2.24. The average Bonchev–Trinajstić information content (AvgIpc) is 2.63. The summed E-state index contributed by atoms with van der Waals surface area (Å²) in [6.07, 6.45) is 5.38. The van der Waals surface area contributed by atoms with Gasteiger partial charge in [-0.3, -0.25) is 14.8 Å². The summed E-state index contributed by atoms with van der Waals surface area (Å²) in [5, 5.41) is 2.87. The highest BCUT2D eigenvalue weighted by Crippen LogP contribution is 2.16. The molecular weight excluding hydrogens is 305 g/mol. The van der Waals surface area contributed by atoms with E-state index in [1.165, 1.54) is 12.1 Å². The monoisotopic (exact) mass is 321 g/mol. The number of benzene rings is 1. The van der Waals surface area contributed by atoms with E-state index in [2.05, 4.69) is 15.3 Å². The summed E-state index contributed by atoms with van der Waals surface area (Å²) in [7, 11) is 0. The first-order chi connectivity index (χ1) is 11.7. The first kappa shape index (κ1) is 15.8. The van der Waals surface area contributed by atoms with Crippen molar-refractivity contribution in [2.45, 2.75) is 13.0 Å². The first-order valence-electron chi connectivity index (χ1n) is 7.57. The van der Waals surface area contributed by atoms with Crippen LogP contribution < -0.4 is 5.32 Å². The number of aromatic nitrogens is 2. The predicted octanol–water partition coefficient (Wildman–Crippen LogP) is 3.14. The molecule has 1 amide bonds. The largest absolute Gasteiger partial charge is 0.352 e. The standard InChI is InChI=1S/C19H16FN3O/c20-17-3-1-14(2-4-17)12-19(24)23-13-15-5-10-22-18(11-15)16-6-8-21-9-7-16/h1-11H,12-13H2,(H,23,24). The van der Waals surface area contributed by atoms with Crippen LogP contribution in [0.25, 0.3) is 11.3 Å². The van der Waals surface area contributed by atoms with Crippen LogP contribution in [0.3, 0.4) is 0 Å². The molecule has 0 radical (unpaired) electrons. The molecule has 5 heteroatoms. The Labute approximate surface area is 139 Å². The molecule has 4 nitrogen and oxygen atoms in total. The van der Waals surface area contributed by atoms with Crippen molar-refractivity contribution in [3.05, 3.63) is 84.1 Å². The molecule has 0 bridgehead atoms. The minimum atomic E-state index is -0.306. The van der Waals surface area contributed by atoms with Gasteiger partial charge in [-0.25, -0.2) is 4.39 Å². The molecule has 2 heterocycles. The molecule has 24 heavy (non-hydrogen) atoms. The lowest BCUT2D eigenvalue weighted by atomic mass is 10.1. The van der Waals surface area contributed by atoms with E-state index < -0.39 is 0 Å². The summed E-state index contributed by atoms with van der Waals surface area (Å²) in [6.45, 7) is 0.417. The van der Waals surface area contributed by atoms with E-state index in [9.17, 15) is 9.18 Å². The summed E-state index contributed by atoms with van der Waals surface area (Å²) in [4.78, 5) is 20.3. The van der Waals surface area contributed by atoms with Crippen molar-refractivity contribution >= 4 is 5.91 Å². The Balaban J connectivity index is 1.60. The topological polar surface area (TPSA) is 54.9 Å². The number of carbonyl (C=O) groups is 1. The van der Waals surface area contributed by atoms with Gasteiger partial charge in [0.25, 0.3) is 0 Å². The quantitative estimate of drug-likeness (QED) is 0.785. The van der Waals surface area contributed by atoms with Crippen LogP contribution in [0.15, 0.2) is 67.1 Å². The molecule has 120 valence electrons. The van der Waals surface area contributed by atoms with Crippen LogP contribution >= 0.6 is 0 Å². The van der Waals surface area contributed by atoms with Gasteiger partial charge in [0.15, 0.2) is 0 Å². The number of halogens is 1. The second-order valence-electron chi connectivity index (χ2n) is 5.37. The van der Waals surface area contributed by atoms with E-state index in [4.69, 9.17) is 0 Å². The minimum absolute atomic E-state index is 0.108. The molecule has 1 aromatic carbocycles. The van der Waals surface area contributed by atoms with Gasteiger partial charge in [-0.15, -0.1) is 0 Å². The van der Waals surface area contributed by atoms with Gasteiger partial charge in [-0.05, 0) is 47.5 Å². The fraction of sp³-hybridized carbons (Fsp3) is 0.105. The van der Waals surface area contributed by atoms with Crippen LogP contribution in [0.2, 0.25) is 0 Å². The maximum absolute atomic E-state index is 12.9. The normalized spacial score (nSPS) is 10.4. The van der Waals surface area contributed by atoms with Crippen molar-refractivity contribution in [1.29, 1.82) is 0 Å². The summed E-state index contributed by atoms with van der Waals surface area (Å²) < 4.78 is 12.9. The van der Waals surface area contributed by atoms with Crippen LogP contribution in [0.5, 0.6) is 0 Å². The fourth-order valence-electron chi connectivity index (χ4n) is 2.32. The summed E-state index contributed by atoms with van der Waals surface area (Å²) in [6, 6.07) is 13.5. The van der Waals surface area contributed by atoms with Crippen molar-refractivity contribution < 1.29 is 9.18 Å². The molecule has 0 aliphatic carbocycles. The smallest absolute Gasteiger partial charge is 0.224 e. The Hall–Kier alpha value is -3.08. The van der Waals surface area contributed by atoms with Crippen molar-refractivity contribution in [2.75, 3.05) is 0 Å². The zero-order valence-corrected chi connectivity index (χ0v) is 12.9. The number of nitrogens with zero attached hydrogens (tertiary/aromatic N) is 2. The van der Waals surface area contributed by atoms with Crippen molar-refractivity contribution in [3.8, 4) is 11.3 Å². The lowest BCUT2D eigenvalue weighted by Gasteiger charge is -2.07. The number of nitrogens with one attached hydrogen (secondary N) is 1. The molecule has 1 N–H and O–H groups in total. The molecule has 0 saturated heterocycles. The van der Waals surface area contributed by atoms with Crippen molar-refractivity contribution in [3.63, 3.8) is 0 Å². The van der Waals surface area contributed by atoms with Crippen LogP contribution in [0.4, 0.5) is 4.39 Å². The van der Waals surface area contributed by atoms with Crippen LogP contribution in [-0.2, 0) is 17.8 Å². The molecule has 0 aliphatic heterocycles. The fourth-order valence-corrected chi connectivity index (χ4v) is 2.32. The van der Waals surface area contributed by atoms with Gasteiger partial charge in [-0.2, -0.15) is 0 Å². The number of carbonyl (C=O) groups excluding carboxylic acids is 1. The summed E-state index contributed by atoms with van der Waals surface area (Å²) in [5.74, 6) is -0.413. The second kappa shape index (κ2) is 7.46. The van der Waals surface area contributed by atoms with Gasteiger partial charge in [0.1, 0.15) is 5.82 Å². The predicted molar refractivity (Wildman–Crippen MR) is 89.4 cm³/mol. The van der Waals surface area contributed by atoms with Gasteiger partial charge in [-0.1, -0.05) is 12.1 Å². The van der Waals surface area contributed by atoms with E-state index in [-0.39, 0.29) is 18.1 Å². The van der Waals surface area contributed by atoms with Gasteiger partial charge < -0.3 is 5.32 Å². The van der Waals surface area contributed by atoms with Crippen molar-refractivity contribution in [2.24, 2.45) is 0 Å². The van der Waals surface area contributed by atoms with Gasteiger partial charge in [0.2, 0.25) is 5.91 Å². The Morgan fingerprint density at radius 3 is 2.46 bits per heavy atom. The van der Waals surface area contributed by atoms with Gasteiger partial charge in [0.05, 0.1) is 12.1 Å². The summed E-state index contributed by atoms with van der Waals surface area (Å²) in [5.41, 5.74) is 3.55. The third-order valence-corrected chi connectivity index (χ3v) is 3.57. The zero-order chi connectivity index (χ0) is 16.8. The molecule has 0 fully saturated rings. The maximum Gasteiger partial charge on any atom is 0.224 e. The van der Waals surface area contributed by atoms with E-state index in [1.54, 1.807) is 30.7 Å². The Morgan fingerprint density at radius 2 is 1.71 bits per heavy atom.